The van der Waals surface area contributed by atoms with Crippen LogP contribution >= 0.6 is 11.6 Å². The fourth-order valence-corrected chi connectivity index (χ4v) is 5.00. The molecule has 0 aromatic heterocycles. The van der Waals surface area contributed by atoms with Crippen LogP contribution in [0.3, 0.4) is 0 Å². The molecule has 0 atom stereocenters. The molecule has 9 heteroatoms. The molecule has 0 fully saturated rings. The Hall–Kier alpha value is -3.36. The van der Waals surface area contributed by atoms with Crippen LogP contribution in [0, 0.1) is 20.8 Å². The smallest absolute Gasteiger partial charge is 0.337 e. The van der Waals surface area contributed by atoms with E-state index in [4.69, 9.17) is 16.3 Å². The molecule has 34 heavy (non-hydrogen) atoms. The molecule has 3 rings (SSSR count). The number of ether oxygens (including phenoxy) is 1. The molecule has 0 saturated heterocycles. The standard InChI is InChI=1S/C25H25ClN2O5S/c1-16-5-8-21(9-6-16)34(31,32)28(20-12-17(2)11-18(3)13-20)15-24(29)27-23-14-19(25(30)33-4)7-10-22(23)26/h5-14H,15H2,1-4H3,(H,27,29). The number of sulfonamides is 1. The largest absolute Gasteiger partial charge is 0.465 e. The summed E-state index contributed by atoms with van der Waals surface area (Å²) in [5.74, 6) is -1.22. The number of carbonyl (C=O) groups excluding carboxylic acids is 2. The fourth-order valence-electron chi connectivity index (χ4n) is 3.43. The Labute approximate surface area is 204 Å². The van der Waals surface area contributed by atoms with Crippen LogP contribution in [0.25, 0.3) is 0 Å². The highest BCUT2D eigenvalue weighted by molar-refractivity contribution is 7.92. The van der Waals surface area contributed by atoms with Gasteiger partial charge in [0.2, 0.25) is 5.91 Å². The lowest BCUT2D eigenvalue weighted by Gasteiger charge is -2.25. The zero-order valence-electron chi connectivity index (χ0n) is 19.3. The summed E-state index contributed by atoms with van der Waals surface area (Å²) in [6.07, 6.45) is 0. The van der Waals surface area contributed by atoms with Gasteiger partial charge in [0, 0.05) is 0 Å². The number of esters is 1. The number of halogens is 1. The van der Waals surface area contributed by atoms with Crippen LogP contribution in [0.4, 0.5) is 11.4 Å². The number of anilines is 2. The predicted molar refractivity (Wildman–Crippen MR) is 133 cm³/mol. The van der Waals surface area contributed by atoms with E-state index < -0.39 is 28.4 Å². The van der Waals surface area contributed by atoms with Gasteiger partial charge in [-0.1, -0.05) is 35.4 Å². The molecule has 0 aliphatic heterocycles. The van der Waals surface area contributed by atoms with E-state index in [1.165, 1.54) is 37.4 Å². The Balaban J connectivity index is 1.99. The van der Waals surface area contributed by atoms with Crippen LogP contribution in [0.5, 0.6) is 0 Å². The van der Waals surface area contributed by atoms with Gasteiger partial charge in [0.15, 0.2) is 0 Å². The number of hydrogen-bond donors (Lipinski definition) is 1. The number of rotatable bonds is 7. The van der Waals surface area contributed by atoms with Crippen molar-refractivity contribution < 1.29 is 22.7 Å². The van der Waals surface area contributed by atoms with Crippen LogP contribution in [0.1, 0.15) is 27.0 Å². The average molecular weight is 501 g/mol. The number of hydrogen-bond acceptors (Lipinski definition) is 5. The lowest BCUT2D eigenvalue weighted by molar-refractivity contribution is -0.114. The van der Waals surface area contributed by atoms with Crippen molar-refractivity contribution in [3.8, 4) is 0 Å². The highest BCUT2D eigenvalue weighted by atomic mass is 35.5. The number of aryl methyl sites for hydroxylation is 3. The second kappa shape index (κ2) is 10.3. The minimum Gasteiger partial charge on any atom is -0.465 e. The lowest BCUT2D eigenvalue weighted by atomic mass is 10.1. The van der Waals surface area contributed by atoms with Gasteiger partial charge in [-0.05, 0) is 74.4 Å². The maximum atomic E-state index is 13.6. The first kappa shape index (κ1) is 25.3. The van der Waals surface area contributed by atoms with Crippen molar-refractivity contribution in [1.82, 2.24) is 0 Å². The molecular formula is C25H25ClN2O5S. The SMILES string of the molecule is COC(=O)c1ccc(Cl)c(NC(=O)CN(c2cc(C)cc(C)c2)S(=O)(=O)c2ccc(C)cc2)c1. The van der Waals surface area contributed by atoms with Crippen LogP contribution in [0.15, 0.2) is 65.6 Å². The first-order valence-electron chi connectivity index (χ1n) is 10.4. The van der Waals surface area contributed by atoms with Crippen molar-refractivity contribution in [1.29, 1.82) is 0 Å². The van der Waals surface area contributed by atoms with E-state index >= 15 is 0 Å². The Kier molecular flexibility index (Phi) is 7.64. The van der Waals surface area contributed by atoms with Gasteiger partial charge in [-0.15, -0.1) is 0 Å². The third-order valence-electron chi connectivity index (χ3n) is 5.05. The summed E-state index contributed by atoms with van der Waals surface area (Å²) in [6, 6.07) is 16.0. The molecule has 3 aromatic carbocycles. The van der Waals surface area contributed by atoms with Crippen molar-refractivity contribution in [2.45, 2.75) is 25.7 Å². The van der Waals surface area contributed by atoms with Crippen molar-refractivity contribution in [3.63, 3.8) is 0 Å². The molecule has 0 spiro atoms. The average Bonchev–Trinajstić information content (AvgIpc) is 2.78. The third kappa shape index (κ3) is 5.76. The molecule has 178 valence electrons. The van der Waals surface area contributed by atoms with Crippen molar-refractivity contribution in [2.75, 3.05) is 23.3 Å². The molecule has 0 radical (unpaired) electrons. The monoisotopic (exact) mass is 500 g/mol. The van der Waals surface area contributed by atoms with Crippen LogP contribution in [-0.2, 0) is 19.6 Å². The number of benzene rings is 3. The van der Waals surface area contributed by atoms with Crippen molar-refractivity contribution in [3.05, 3.63) is 87.9 Å². The van der Waals surface area contributed by atoms with Crippen molar-refractivity contribution in [2.24, 2.45) is 0 Å². The molecule has 3 aromatic rings. The number of carbonyl (C=O) groups is 2. The first-order valence-corrected chi connectivity index (χ1v) is 12.2. The molecule has 0 saturated carbocycles. The second-order valence-corrected chi connectivity index (χ2v) is 10.2. The lowest BCUT2D eigenvalue weighted by Crippen LogP contribution is -2.38. The molecule has 0 bridgehead atoms. The Morgan fingerprint density at radius 1 is 0.912 bits per heavy atom. The summed E-state index contributed by atoms with van der Waals surface area (Å²) in [5.41, 5.74) is 3.35. The summed E-state index contributed by atoms with van der Waals surface area (Å²) < 4.78 is 32.9. The fraction of sp³-hybridized carbons (Fsp3) is 0.200. The molecule has 0 heterocycles. The summed E-state index contributed by atoms with van der Waals surface area (Å²) in [5, 5.41) is 2.80. The number of nitrogens with one attached hydrogen (secondary N) is 1. The zero-order valence-corrected chi connectivity index (χ0v) is 20.8. The van der Waals surface area contributed by atoms with Gasteiger partial charge in [-0.2, -0.15) is 0 Å². The van der Waals surface area contributed by atoms with Gasteiger partial charge in [0.25, 0.3) is 10.0 Å². The van der Waals surface area contributed by atoms with E-state index in [0.29, 0.717) is 5.69 Å². The molecule has 0 aliphatic rings. The van der Waals surface area contributed by atoms with E-state index in [0.717, 1.165) is 21.0 Å². The van der Waals surface area contributed by atoms with E-state index in [1.807, 2.05) is 26.8 Å². The van der Waals surface area contributed by atoms with Gasteiger partial charge in [0.1, 0.15) is 6.54 Å². The Bertz CT molecular complexity index is 1320. The molecule has 1 N–H and O–H groups in total. The quantitative estimate of drug-likeness (QED) is 0.466. The normalized spacial score (nSPS) is 11.1. The van der Waals surface area contributed by atoms with Crippen LogP contribution in [0.2, 0.25) is 5.02 Å². The Morgan fingerprint density at radius 3 is 2.12 bits per heavy atom. The summed E-state index contributed by atoms with van der Waals surface area (Å²) >= 11 is 6.19. The molecule has 7 nitrogen and oxygen atoms in total. The molecular weight excluding hydrogens is 476 g/mol. The molecule has 1 amide bonds. The van der Waals surface area contributed by atoms with E-state index in [9.17, 15) is 18.0 Å². The minimum absolute atomic E-state index is 0.0655. The van der Waals surface area contributed by atoms with Gasteiger partial charge < -0.3 is 10.1 Å². The predicted octanol–water partition coefficient (Wildman–Crippen LogP) is 4.89. The number of amides is 1. The van der Waals surface area contributed by atoms with Crippen molar-refractivity contribution >= 4 is 44.9 Å². The third-order valence-corrected chi connectivity index (χ3v) is 7.17. The zero-order chi connectivity index (χ0) is 25.0. The highest BCUT2D eigenvalue weighted by Gasteiger charge is 2.28. The first-order chi connectivity index (χ1) is 16.0. The molecule has 0 unspecified atom stereocenters. The number of nitrogens with zero attached hydrogens (tertiary/aromatic N) is 1. The van der Waals surface area contributed by atoms with Crippen LogP contribution < -0.4 is 9.62 Å². The van der Waals surface area contributed by atoms with E-state index in [2.05, 4.69) is 5.32 Å². The van der Waals surface area contributed by atoms with Gasteiger partial charge in [0.05, 0.1) is 34.0 Å². The highest BCUT2D eigenvalue weighted by Crippen LogP contribution is 2.27. The maximum Gasteiger partial charge on any atom is 0.337 e. The summed E-state index contributed by atoms with van der Waals surface area (Å²) in [4.78, 5) is 24.9. The summed E-state index contributed by atoms with van der Waals surface area (Å²) in [7, 11) is -2.82. The second-order valence-electron chi connectivity index (χ2n) is 7.91. The number of methoxy groups -OCH3 is 1. The molecule has 0 aliphatic carbocycles. The summed E-state index contributed by atoms with van der Waals surface area (Å²) in [6.45, 7) is 5.06. The van der Waals surface area contributed by atoms with E-state index in [1.54, 1.807) is 24.3 Å². The minimum atomic E-state index is -4.06. The van der Waals surface area contributed by atoms with Crippen LogP contribution in [-0.4, -0.2) is 33.9 Å². The van der Waals surface area contributed by atoms with Gasteiger partial charge in [-0.25, -0.2) is 13.2 Å². The van der Waals surface area contributed by atoms with Gasteiger partial charge in [-0.3, -0.25) is 9.10 Å². The van der Waals surface area contributed by atoms with Gasteiger partial charge >= 0.3 is 5.97 Å². The van der Waals surface area contributed by atoms with E-state index in [-0.39, 0.29) is 21.2 Å². The topological polar surface area (TPSA) is 92.8 Å². The maximum absolute atomic E-state index is 13.6. The Morgan fingerprint density at radius 2 is 1.53 bits per heavy atom.